The minimum atomic E-state index is -3.89. The lowest BCUT2D eigenvalue weighted by molar-refractivity contribution is 0.0525. The third-order valence-corrected chi connectivity index (χ3v) is 4.81. The maximum atomic E-state index is 13.6. The molecular weight excluding hydrogens is 347 g/mol. The van der Waals surface area contributed by atoms with E-state index in [-0.39, 0.29) is 35.5 Å². The smallest absolute Gasteiger partial charge is 0.338 e. The van der Waals surface area contributed by atoms with Gasteiger partial charge in [-0.3, -0.25) is 0 Å². The molecule has 1 unspecified atom stereocenters. The quantitative estimate of drug-likeness (QED) is 0.770. The normalized spacial score (nSPS) is 18.1. The molecule has 1 aromatic rings. The average molecular weight is 367 g/mol. The van der Waals surface area contributed by atoms with Crippen molar-refractivity contribution in [3.8, 4) is 0 Å². The van der Waals surface area contributed by atoms with Gasteiger partial charge in [-0.1, -0.05) is 0 Å². The molecule has 0 spiro atoms. The standard InChI is InChI=1S/C14H19FN2O4S.ClH/c1-2-21-14(18)10-6-11(15)8-13(7-10)22(19,20)17-12-4-3-5-16-9-12;/h6-8,12,16-17H,2-5,9H2,1H3;1H. The Labute approximate surface area is 141 Å². The molecule has 2 N–H and O–H groups in total. The Bertz CT molecular complexity index is 648. The molecule has 6 nitrogen and oxygen atoms in total. The summed E-state index contributed by atoms with van der Waals surface area (Å²) in [5, 5.41) is 3.09. The first-order chi connectivity index (χ1) is 10.4. The fourth-order valence-corrected chi connectivity index (χ4v) is 3.62. The van der Waals surface area contributed by atoms with Crippen LogP contribution in [0, 0.1) is 5.82 Å². The number of piperidine rings is 1. The van der Waals surface area contributed by atoms with Crippen molar-refractivity contribution >= 4 is 28.4 Å². The lowest BCUT2D eigenvalue weighted by Crippen LogP contribution is -2.45. The number of nitrogens with one attached hydrogen (secondary N) is 2. The highest BCUT2D eigenvalue weighted by Crippen LogP contribution is 2.17. The average Bonchev–Trinajstić information content (AvgIpc) is 2.47. The number of esters is 1. The highest BCUT2D eigenvalue weighted by Gasteiger charge is 2.23. The van der Waals surface area contributed by atoms with E-state index in [2.05, 4.69) is 10.0 Å². The molecule has 0 aliphatic carbocycles. The lowest BCUT2D eigenvalue weighted by atomic mass is 10.1. The molecule has 0 amide bonds. The van der Waals surface area contributed by atoms with Crippen molar-refractivity contribution in [1.82, 2.24) is 10.0 Å². The molecule has 1 atom stereocenters. The fraction of sp³-hybridized carbons (Fsp3) is 0.500. The monoisotopic (exact) mass is 366 g/mol. The summed E-state index contributed by atoms with van der Waals surface area (Å²) in [6.07, 6.45) is 1.58. The maximum absolute atomic E-state index is 13.6. The molecule has 0 radical (unpaired) electrons. The second kappa shape index (κ2) is 8.58. The third kappa shape index (κ3) is 5.42. The fourth-order valence-electron chi connectivity index (χ4n) is 2.29. The molecule has 1 heterocycles. The van der Waals surface area contributed by atoms with Crippen LogP contribution >= 0.6 is 12.4 Å². The molecule has 1 aliphatic heterocycles. The van der Waals surface area contributed by atoms with Gasteiger partial charge in [-0.25, -0.2) is 22.3 Å². The predicted octanol–water partition coefficient (Wildman–Crippen LogP) is 1.45. The second-order valence-corrected chi connectivity index (χ2v) is 6.77. The molecule has 0 aromatic heterocycles. The summed E-state index contributed by atoms with van der Waals surface area (Å²) < 4.78 is 45.6. The van der Waals surface area contributed by atoms with E-state index in [0.29, 0.717) is 13.0 Å². The number of ether oxygens (including phenoxy) is 1. The van der Waals surface area contributed by atoms with E-state index in [4.69, 9.17) is 4.74 Å². The maximum Gasteiger partial charge on any atom is 0.338 e. The summed E-state index contributed by atoms with van der Waals surface area (Å²) in [5.74, 6) is -1.55. The van der Waals surface area contributed by atoms with E-state index in [0.717, 1.165) is 31.2 Å². The van der Waals surface area contributed by atoms with Crippen molar-refractivity contribution < 1.29 is 22.3 Å². The summed E-state index contributed by atoms with van der Waals surface area (Å²) in [7, 11) is -3.89. The number of halogens is 2. The Morgan fingerprint density at radius 1 is 1.43 bits per heavy atom. The number of hydrogen-bond acceptors (Lipinski definition) is 5. The summed E-state index contributed by atoms with van der Waals surface area (Å²) >= 11 is 0. The Kier molecular flexibility index (Phi) is 7.40. The SMILES string of the molecule is CCOC(=O)c1cc(F)cc(S(=O)(=O)NC2CCCNC2)c1.Cl. The van der Waals surface area contributed by atoms with Crippen molar-refractivity contribution in [2.75, 3.05) is 19.7 Å². The van der Waals surface area contributed by atoms with Crippen molar-refractivity contribution in [2.45, 2.75) is 30.7 Å². The summed E-state index contributed by atoms with van der Waals surface area (Å²) in [6, 6.07) is 2.73. The van der Waals surface area contributed by atoms with Crippen LogP contribution in [-0.2, 0) is 14.8 Å². The zero-order chi connectivity index (χ0) is 16.2. The van der Waals surface area contributed by atoms with E-state index in [1.165, 1.54) is 0 Å². The number of rotatable bonds is 5. The molecule has 0 bridgehead atoms. The highest BCUT2D eigenvalue weighted by molar-refractivity contribution is 7.89. The topological polar surface area (TPSA) is 84.5 Å². The largest absolute Gasteiger partial charge is 0.462 e. The molecule has 1 aliphatic rings. The number of sulfonamides is 1. The van der Waals surface area contributed by atoms with Gasteiger partial charge in [0.2, 0.25) is 10.0 Å². The van der Waals surface area contributed by atoms with Gasteiger partial charge in [-0.2, -0.15) is 0 Å². The van der Waals surface area contributed by atoms with Crippen LogP contribution in [0.25, 0.3) is 0 Å². The van der Waals surface area contributed by atoms with Crippen LogP contribution in [0.1, 0.15) is 30.1 Å². The first-order valence-corrected chi connectivity index (χ1v) is 8.61. The van der Waals surface area contributed by atoms with Crippen molar-refractivity contribution in [2.24, 2.45) is 0 Å². The van der Waals surface area contributed by atoms with Crippen molar-refractivity contribution in [3.63, 3.8) is 0 Å². The number of benzene rings is 1. The van der Waals surface area contributed by atoms with Gasteiger partial charge in [0, 0.05) is 12.6 Å². The van der Waals surface area contributed by atoms with Gasteiger partial charge in [0.05, 0.1) is 17.1 Å². The van der Waals surface area contributed by atoms with E-state index < -0.39 is 21.8 Å². The van der Waals surface area contributed by atoms with Crippen molar-refractivity contribution in [1.29, 1.82) is 0 Å². The van der Waals surface area contributed by atoms with Crippen LogP contribution in [0.2, 0.25) is 0 Å². The van der Waals surface area contributed by atoms with Crippen LogP contribution in [-0.4, -0.2) is 40.1 Å². The number of carbonyl (C=O) groups is 1. The summed E-state index contributed by atoms with van der Waals surface area (Å²) in [5.41, 5.74) is -0.121. The number of hydrogen-bond donors (Lipinski definition) is 2. The Morgan fingerprint density at radius 3 is 2.78 bits per heavy atom. The molecule has 1 aromatic carbocycles. The van der Waals surface area contributed by atoms with Gasteiger partial charge < -0.3 is 10.1 Å². The molecule has 1 saturated heterocycles. The molecule has 130 valence electrons. The van der Waals surface area contributed by atoms with E-state index in [1.807, 2.05) is 0 Å². The highest BCUT2D eigenvalue weighted by atomic mass is 35.5. The Morgan fingerprint density at radius 2 is 2.17 bits per heavy atom. The van der Waals surface area contributed by atoms with Crippen LogP contribution < -0.4 is 10.0 Å². The Balaban J connectivity index is 0.00000264. The van der Waals surface area contributed by atoms with Gasteiger partial charge in [-0.15, -0.1) is 12.4 Å². The van der Waals surface area contributed by atoms with Gasteiger partial charge >= 0.3 is 5.97 Å². The summed E-state index contributed by atoms with van der Waals surface area (Å²) in [6.45, 7) is 3.13. The van der Waals surface area contributed by atoms with Crippen LogP contribution in [0.15, 0.2) is 23.1 Å². The first-order valence-electron chi connectivity index (χ1n) is 7.13. The lowest BCUT2D eigenvalue weighted by Gasteiger charge is -2.23. The molecular formula is C14H20ClFN2O4S. The van der Waals surface area contributed by atoms with E-state index in [9.17, 15) is 17.6 Å². The number of carbonyl (C=O) groups excluding carboxylic acids is 1. The molecule has 23 heavy (non-hydrogen) atoms. The zero-order valence-electron chi connectivity index (χ0n) is 12.7. The van der Waals surface area contributed by atoms with Crippen LogP contribution in [0.4, 0.5) is 4.39 Å². The molecule has 9 heteroatoms. The van der Waals surface area contributed by atoms with Gasteiger partial charge in [0.25, 0.3) is 0 Å². The van der Waals surface area contributed by atoms with Crippen molar-refractivity contribution in [3.05, 3.63) is 29.6 Å². The van der Waals surface area contributed by atoms with Crippen LogP contribution in [0.5, 0.6) is 0 Å². The minimum absolute atomic E-state index is 0. The summed E-state index contributed by atoms with van der Waals surface area (Å²) in [4.78, 5) is 11.4. The van der Waals surface area contributed by atoms with Gasteiger partial charge in [0.1, 0.15) is 5.82 Å². The van der Waals surface area contributed by atoms with Gasteiger partial charge in [-0.05, 0) is 44.5 Å². The Hall–Kier alpha value is -1.22. The minimum Gasteiger partial charge on any atom is -0.462 e. The van der Waals surface area contributed by atoms with Gasteiger partial charge in [0.15, 0.2) is 0 Å². The molecule has 2 rings (SSSR count). The molecule has 0 saturated carbocycles. The first kappa shape index (κ1) is 19.8. The van der Waals surface area contributed by atoms with E-state index in [1.54, 1.807) is 6.92 Å². The second-order valence-electron chi connectivity index (χ2n) is 5.06. The van der Waals surface area contributed by atoms with Crippen LogP contribution in [0.3, 0.4) is 0 Å². The third-order valence-electron chi connectivity index (χ3n) is 3.31. The zero-order valence-corrected chi connectivity index (χ0v) is 14.3. The van der Waals surface area contributed by atoms with E-state index >= 15 is 0 Å². The predicted molar refractivity (Wildman–Crippen MR) is 85.8 cm³/mol. The molecule has 1 fully saturated rings.